The maximum absolute atomic E-state index is 6.03. The van der Waals surface area contributed by atoms with E-state index in [1.54, 1.807) is 17.7 Å². The first-order valence-corrected chi connectivity index (χ1v) is 6.77. The molecule has 1 saturated heterocycles. The van der Waals surface area contributed by atoms with Crippen LogP contribution in [0, 0.1) is 6.92 Å². The van der Waals surface area contributed by atoms with Gasteiger partial charge in [-0.05, 0) is 25.8 Å². The van der Waals surface area contributed by atoms with Gasteiger partial charge in [0.05, 0.1) is 5.39 Å². The molecule has 0 spiro atoms. The van der Waals surface area contributed by atoms with Gasteiger partial charge in [-0.15, -0.1) is 11.3 Å². The van der Waals surface area contributed by atoms with Crippen LogP contribution in [-0.2, 0) is 0 Å². The highest BCUT2D eigenvalue weighted by molar-refractivity contribution is 7.18. The summed E-state index contributed by atoms with van der Waals surface area (Å²) in [5.74, 6) is 1.05. The van der Waals surface area contributed by atoms with Gasteiger partial charge < -0.3 is 10.6 Å². The van der Waals surface area contributed by atoms with E-state index in [2.05, 4.69) is 27.9 Å². The first kappa shape index (κ1) is 10.9. The Kier molecular flexibility index (Phi) is 2.72. The molecule has 1 atom stereocenters. The molecule has 0 aromatic carbocycles. The number of rotatable bonds is 1. The number of hydrogen-bond acceptors (Lipinski definition) is 5. The summed E-state index contributed by atoms with van der Waals surface area (Å²) in [6, 6.07) is 2.45. The van der Waals surface area contributed by atoms with Gasteiger partial charge in [-0.2, -0.15) is 0 Å². The van der Waals surface area contributed by atoms with Crippen molar-refractivity contribution in [2.75, 3.05) is 18.0 Å². The Balaban J connectivity index is 2.04. The fourth-order valence-corrected chi connectivity index (χ4v) is 3.26. The molecule has 3 rings (SSSR count). The van der Waals surface area contributed by atoms with Crippen molar-refractivity contribution >= 4 is 27.4 Å². The molecule has 0 aliphatic carbocycles. The summed E-state index contributed by atoms with van der Waals surface area (Å²) in [4.78, 5) is 13.4. The molecule has 3 heterocycles. The van der Waals surface area contributed by atoms with E-state index in [1.807, 2.05) is 0 Å². The van der Waals surface area contributed by atoms with Crippen LogP contribution in [0.15, 0.2) is 12.4 Å². The van der Waals surface area contributed by atoms with Gasteiger partial charge in [-0.1, -0.05) is 0 Å². The topological polar surface area (TPSA) is 55.0 Å². The van der Waals surface area contributed by atoms with E-state index in [4.69, 9.17) is 5.73 Å². The van der Waals surface area contributed by atoms with Crippen LogP contribution in [0.25, 0.3) is 10.2 Å². The molecule has 5 heteroatoms. The fourth-order valence-electron chi connectivity index (χ4n) is 2.42. The van der Waals surface area contributed by atoms with Gasteiger partial charge in [0.15, 0.2) is 0 Å². The standard InChI is InChI=1S/C12H16N4S/c1-8-5-10-11(14-7-15-12(10)17-8)16-4-2-3-9(13)6-16/h5,7,9H,2-4,6,13H2,1H3. The number of aromatic nitrogens is 2. The quantitative estimate of drug-likeness (QED) is 0.838. The number of nitrogens with zero attached hydrogens (tertiary/aromatic N) is 3. The van der Waals surface area contributed by atoms with Gasteiger partial charge in [0.1, 0.15) is 17.0 Å². The third-order valence-corrected chi connectivity index (χ3v) is 4.15. The Labute approximate surface area is 104 Å². The highest BCUT2D eigenvalue weighted by Crippen LogP contribution is 2.30. The summed E-state index contributed by atoms with van der Waals surface area (Å²) < 4.78 is 0. The van der Waals surface area contributed by atoms with Gasteiger partial charge in [0.25, 0.3) is 0 Å². The molecule has 2 aromatic rings. The van der Waals surface area contributed by atoms with Crippen LogP contribution < -0.4 is 10.6 Å². The summed E-state index contributed by atoms with van der Waals surface area (Å²) in [7, 11) is 0. The van der Waals surface area contributed by atoms with Crippen molar-refractivity contribution < 1.29 is 0 Å². The Morgan fingerprint density at radius 1 is 1.47 bits per heavy atom. The normalized spacial score (nSPS) is 21.1. The van der Waals surface area contributed by atoms with Crippen LogP contribution in [0.3, 0.4) is 0 Å². The maximum Gasteiger partial charge on any atom is 0.140 e. The van der Waals surface area contributed by atoms with E-state index in [1.165, 1.54) is 10.3 Å². The number of anilines is 1. The number of nitrogens with two attached hydrogens (primary N) is 1. The molecule has 0 radical (unpaired) electrons. The van der Waals surface area contributed by atoms with Gasteiger partial charge in [-0.25, -0.2) is 9.97 Å². The van der Waals surface area contributed by atoms with Crippen LogP contribution >= 0.6 is 11.3 Å². The Morgan fingerprint density at radius 3 is 3.18 bits per heavy atom. The lowest BCUT2D eigenvalue weighted by Gasteiger charge is -2.31. The molecule has 4 nitrogen and oxygen atoms in total. The first-order valence-electron chi connectivity index (χ1n) is 5.96. The van der Waals surface area contributed by atoms with Gasteiger partial charge in [0, 0.05) is 24.0 Å². The third-order valence-electron chi connectivity index (χ3n) is 3.19. The average molecular weight is 248 g/mol. The average Bonchev–Trinajstić information content (AvgIpc) is 2.68. The van der Waals surface area contributed by atoms with E-state index in [-0.39, 0.29) is 6.04 Å². The van der Waals surface area contributed by atoms with Gasteiger partial charge >= 0.3 is 0 Å². The second-order valence-corrected chi connectivity index (χ2v) is 5.86. The molecular weight excluding hydrogens is 232 g/mol. The third kappa shape index (κ3) is 2.00. The molecule has 1 fully saturated rings. The summed E-state index contributed by atoms with van der Waals surface area (Å²) in [6.45, 7) is 4.06. The molecule has 1 aliphatic heterocycles. The molecule has 0 bridgehead atoms. The summed E-state index contributed by atoms with van der Waals surface area (Å²) in [6.07, 6.45) is 3.93. The lowest BCUT2D eigenvalue weighted by atomic mass is 10.1. The molecule has 2 N–H and O–H groups in total. The van der Waals surface area contributed by atoms with Crippen molar-refractivity contribution in [3.8, 4) is 0 Å². The van der Waals surface area contributed by atoms with Crippen LogP contribution in [0.1, 0.15) is 17.7 Å². The highest BCUT2D eigenvalue weighted by atomic mass is 32.1. The smallest absolute Gasteiger partial charge is 0.140 e. The molecule has 0 saturated carbocycles. The lowest BCUT2D eigenvalue weighted by Crippen LogP contribution is -2.43. The predicted molar refractivity (Wildman–Crippen MR) is 71.6 cm³/mol. The van der Waals surface area contributed by atoms with E-state index in [9.17, 15) is 0 Å². The number of piperidine rings is 1. The number of aryl methyl sites for hydroxylation is 1. The van der Waals surface area contributed by atoms with Crippen LogP contribution in [0.4, 0.5) is 5.82 Å². The minimum atomic E-state index is 0.272. The minimum absolute atomic E-state index is 0.272. The van der Waals surface area contributed by atoms with E-state index < -0.39 is 0 Å². The monoisotopic (exact) mass is 248 g/mol. The van der Waals surface area contributed by atoms with Crippen molar-refractivity contribution in [3.05, 3.63) is 17.3 Å². The van der Waals surface area contributed by atoms with Gasteiger partial charge in [0.2, 0.25) is 0 Å². The molecular formula is C12H16N4S. The Hall–Kier alpha value is -1.20. The molecule has 1 aliphatic rings. The number of thiophene rings is 1. The summed E-state index contributed by atoms with van der Waals surface area (Å²) >= 11 is 1.72. The Bertz CT molecular complexity index is 536. The summed E-state index contributed by atoms with van der Waals surface area (Å²) in [5, 5.41) is 1.17. The second kappa shape index (κ2) is 4.23. The van der Waals surface area contributed by atoms with E-state index >= 15 is 0 Å². The van der Waals surface area contributed by atoms with E-state index in [0.717, 1.165) is 36.6 Å². The Morgan fingerprint density at radius 2 is 2.35 bits per heavy atom. The number of fused-ring (bicyclic) bond motifs is 1. The molecule has 90 valence electrons. The molecule has 17 heavy (non-hydrogen) atoms. The van der Waals surface area contributed by atoms with Crippen LogP contribution in [0.5, 0.6) is 0 Å². The molecule has 2 aromatic heterocycles. The van der Waals surface area contributed by atoms with E-state index in [0.29, 0.717) is 0 Å². The zero-order valence-electron chi connectivity index (χ0n) is 9.89. The first-order chi connectivity index (χ1) is 8.24. The van der Waals surface area contributed by atoms with Crippen molar-refractivity contribution in [1.82, 2.24) is 9.97 Å². The maximum atomic E-state index is 6.03. The van der Waals surface area contributed by atoms with Gasteiger partial charge in [-0.3, -0.25) is 0 Å². The van der Waals surface area contributed by atoms with Crippen molar-refractivity contribution in [1.29, 1.82) is 0 Å². The van der Waals surface area contributed by atoms with Crippen molar-refractivity contribution in [2.45, 2.75) is 25.8 Å². The molecule has 0 amide bonds. The minimum Gasteiger partial charge on any atom is -0.354 e. The largest absolute Gasteiger partial charge is 0.354 e. The second-order valence-electron chi connectivity index (χ2n) is 4.62. The zero-order valence-corrected chi connectivity index (χ0v) is 10.7. The number of hydrogen-bond donors (Lipinski definition) is 1. The fraction of sp³-hybridized carbons (Fsp3) is 0.500. The highest BCUT2D eigenvalue weighted by Gasteiger charge is 2.20. The van der Waals surface area contributed by atoms with Crippen molar-refractivity contribution in [3.63, 3.8) is 0 Å². The van der Waals surface area contributed by atoms with Crippen molar-refractivity contribution in [2.24, 2.45) is 5.73 Å². The zero-order chi connectivity index (χ0) is 11.8. The summed E-state index contributed by atoms with van der Waals surface area (Å²) in [5.41, 5.74) is 6.03. The van der Waals surface area contributed by atoms with Crippen LogP contribution in [-0.4, -0.2) is 29.1 Å². The van der Waals surface area contributed by atoms with Crippen LogP contribution in [0.2, 0.25) is 0 Å². The predicted octanol–water partition coefficient (Wildman–Crippen LogP) is 1.93. The molecule has 1 unspecified atom stereocenters. The SMILES string of the molecule is Cc1cc2c(N3CCCC(N)C3)ncnc2s1. The lowest BCUT2D eigenvalue weighted by molar-refractivity contribution is 0.504.